The van der Waals surface area contributed by atoms with Crippen LogP contribution in [-0.4, -0.2) is 30.1 Å². The van der Waals surface area contributed by atoms with Gasteiger partial charge in [-0.1, -0.05) is 6.58 Å². The average Bonchev–Trinajstić information content (AvgIpc) is 2.49. The van der Waals surface area contributed by atoms with Crippen LogP contribution >= 0.6 is 0 Å². The third-order valence-electron chi connectivity index (χ3n) is 2.21. The monoisotopic (exact) mass is 195 g/mol. The number of ether oxygens (including phenoxy) is 2. The van der Waals surface area contributed by atoms with Crippen molar-refractivity contribution in [2.45, 2.75) is 12.6 Å². The van der Waals surface area contributed by atoms with E-state index in [1.807, 2.05) is 0 Å². The number of allylic oxidation sites excluding steroid dienone is 1. The summed E-state index contributed by atoms with van der Waals surface area (Å²) >= 11 is 0. The Kier molecular flexibility index (Phi) is 1.80. The van der Waals surface area contributed by atoms with Crippen LogP contribution in [0.5, 0.6) is 0 Å². The number of β-lactam (4-membered cyclic amide) rings is 1. The molecule has 1 amide bonds. The van der Waals surface area contributed by atoms with Gasteiger partial charge in [0.1, 0.15) is 0 Å². The molecule has 0 aromatic rings. The molecule has 1 fully saturated rings. The quantitative estimate of drug-likeness (QED) is 0.464. The molecule has 1 saturated heterocycles. The van der Waals surface area contributed by atoms with Gasteiger partial charge in [0, 0.05) is 0 Å². The van der Waals surface area contributed by atoms with Crippen molar-refractivity contribution < 1.29 is 19.1 Å². The fourth-order valence-corrected chi connectivity index (χ4v) is 1.51. The first-order chi connectivity index (χ1) is 6.69. The van der Waals surface area contributed by atoms with Gasteiger partial charge in [-0.3, -0.25) is 9.69 Å². The average molecular weight is 195 g/mol. The lowest BCUT2D eigenvalue weighted by molar-refractivity contribution is -0.158. The number of hydrogen-bond acceptors (Lipinski definition) is 4. The molecule has 0 spiro atoms. The Morgan fingerprint density at radius 1 is 1.79 bits per heavy atom. The third-order valence-corrected chi connectivity index (χ3v) is 2.21. The van der Waals surface area contributed by atoms with Crippen LogP contribution in [0.3, 0.4) is 0 Å². The predicted molar refractivity (Wildman–Crippen MR) is 45.6 cm³/mol. The van der Waals surface area contributed by atoms with E-state index in [0.29, 0.717) is 12.2 Å². The summed E-state index contributed by atoms with van der Waals surface area (Å²) in [4.78, 5) is 23.8. The van der Waals surface area contributed by atoms with Gasteiger partial charge in [-0.25, -0.2) is 4.79 Å². The van der Waals surface area contributed by atoms with E-state index in [1.165, 1.54) is 18.1 Å². The molecule has 0 unspecified atom stereocenters. The van der Waals surface area contributed by atoms with E-state index in [1.54, 1.807) is 0 Å². The molecule has 5 nitrogen and oxygen atoms in total. The van der Waals surface area contributed by atoms with Crippen molar-refractivity contribution in [3.8, 4) is 0 Å². The largest absolute Gasteiger partial charge is 0.467 e. The first-order valence-corrected chi connectivity index (χ1v) is 4.12. The molecular weight excluding hydrogens is 186 g/mol. The maximum absolute atomic E-state index is 11.3. The second-order valence-corrected chi connectivity index (χ2v) is 2.95. The Balaban J connectivity index is 2.35. The number of carbonyl (C=O) groups is 2. The van der Waals surface area contributed by atoms with Crippen LogP contribution in [0, 0.1) is 0 Å². The predicted octanol–water partition coefficient (Wildman–Crippen LogP) is 0.146. The van der Waals surface area contributed by atoms with Crippen LogP contribution in [0.4, 0.5) is 0 Å². The Morgan fingerprint density at radius 3 is 3.00 bits per heavy atom. The van der Waals surface area contributed by atoms with Crippen LogP contribution in [0.1, 0.15) is 6.42 Å². The Morgan fingerprint density at radius 2 is 2.50 bits per heavy atom. The topological polar surface area (TPSA) is 55.8 Å². The van der Waals surface area contributed by atoms with Gasteiger partial charge >= 0.3 is 5.97 Å². The number of hydrogen-bond donors (Lipinski definition) is 0. The molecule has 2 aliphatic heterocycles. The summed E-state index contributed by atoms with van der Waals surface area (Å²) in [5.74, 6) is -0.393. The minimum absolute atomic E-state index is 0.132. The molecule has 2 heterocycles. The number of rotatable bonds is 2. The highest BCUT2D eigenvalue weighted by Crippen LogP contribution is 2.36. The number of fused-ring (bicyclic) bond motifs is 1. The van der Waals surface area contributed by atoms with Gasteiger partial charge < -0.3 is 9.47 Å². The van der Waals surface area contributed by atoms with Gasteiger partial charge in [-0.15, -0.1) is 0 Å². The molecule has 0 radical (unpaired) electrons. The maximum Gasteiger partial charge on any atom is 0.358 e. The fourth-order valence-electron chi connectivity index (χ4n) is 1.51. The zero-order valence-corrected chi connectivity index (χ0v) is 7.65. The Labute approximate surface area is 80.6 Å². The lowest BCUT2D eigenvalue weighted by Gasteiger charge is -2.32. The van der Waals surface area contributed by atoms with Crippen molar-refractivity contribution in [3.05, 3.63) is 24.1 Å². The second kappa shape index (κ2) is 2.87. The molecule has 2 rings (SSSR count). The minimum atomic E-state index is -0.574. The summed E-state index contributed by atoms with van der Waals surface area (Å²) < 4.78 is 9.83. The summed E-state index contributed by atoms with van der Waals surface area (Å²) in [7, 11) is 1.26. The Hall–Kier alpha value is -1.78. The minimum Gasteiger partial charge on any atom is -0.467 e. The van der Waals surface area contributed by atoms with Gasteiger partial charge in [0.2, 0.25) is 5.91 Å². The van der Waals surface area contributed by atoms with Crippen LogP contribution < -0.4 is 0 Å². The number of nitrogens with zero attached hydrogens (tertiary/aromatic N) is 1. The van der Waals surface area contributed by atoms with Crippen molar-refractivity contribution in [1.82, 2.24) is 4.90 Å². The van der Waals surface area contributed by atoms with Gasteiger partial charge in [-0.2, -0.15) is 0 Å². The van der Waals surface area contributed by atoms with E-state index in [-0.39, 0.29) is 17.8 Å². The van der Waals surface area contributed by atoms with Crippen molar-refractivity contribution in [2.75, 3.05) is 7.11 Å². The van der Waals surface area contributed by atoms with Gasteiger partial charge in [-0.05, 0) is 6.08 Å². The van der Waals surface area contributed by atoms with Crippen LogP contribution in [-0.2, 0) is 19.1 Å². The summed E-state index contributed by atoms with van der Waals surface area (Å²) in [6.45, 7) is 3.50. The second-order valence-electron chi connectivity index (χ2n) is 2.95. The van der Waals surface area contributed by atoms with Crippen LogP contribution in [0.15, 0.2) is 24.1 Å². The molecular formula is C9H9NO4. The summed E-state index contributed by atoms with van der Waals surface area (Å²) in [6.07, 6.45) is 1.36. The highest BCUT2D eigenvalue weighted by atomic mass is 16.5. The molecule has 0 aromatic heterocycles. The first kappa shape index (κ1) is 8.80. The molecule has 0 aromatic carbocycles. The van der Waals surface area contributed by atoms with E-state index in [0.717, 1.165) is 0 Å². The molecule has 0 N–H and O–H groups in total. The molecule has 0 aliphatic carbocycles. The summed E-state index contributed by atoms with van der Waals surface area (Å²) in [5, 5.41) is 0. The Bertz CT molecular complexity index is 358. The highest BCUT2D eigenvalue weighted by Gasteiger charge is 2.49. The first-order valence-electron chi connectivity index (χ1n) is 4.12. The van der Waals surface area contributed by atoms with Crippen molar-refractivity contribution in [3.63, 3.8) is 0 Å². The van der Waals surface area contributed by atoms with Crippen molar-refractivity contribution in [2.24, 2.45) is 0 Å². The third kappa shape index (κ3) is 0.951. The number of esters is 1. The lowest BCUT2D eigenvalue weighted by atomic mass is 10.1. The van der Waals surface area contributed by atoms with Crippen LogP contribution in [0.25, 0.3) is 0 Å². The molecule has 2 aliphatic rings. The van der Waals surface area contributed by atoms with Gasteiger partial charge in [0.05, 0.1) is 13.5 Å². The number of carbonyl (C=O) groups excluding carboxylic acids is 2. The number of methoxy groups -OCH3 is 1. The molecule has 0 saturated carbocycles. The number of amides is 1. The molecule has 14 heavy (non-hydrogen) atoms. The molecule has 1 atom stereocenters. The zero-order valence-electron chi connectivity index (χ0n) is 7.65. The molecule has 0 bridgehead atoms. The summed E-state index contributed by atoms with van der Waals surface area (Å²) in [5.41, 5.74) is 0.156. The SMILES string of the molecule is C=CC1=C(C(=O)OC)N2C(=O)C[C@H]2O1. The van der Waals surface area contributed by atoms with Gasteiger partial charge in [0.25, 0.3) is 0 Å². The lowest BCUT2D eigenvalue weighted by Crippen LogP contribution is -2.50. The zero-order chi connectivity index (χ0) is 10.3. The summed E-state index contributed by atoms with van der Waals surface area (Å²) in [6, 6.07) is 0. The normalized spacial score (nSPS) is 23.9. The molecule has 74 valence electrons. The van der Waals surface area contributed by atoms with Crippen molar-refractivity contribution >= 4 is 11.9 Å². The standard InChI is InChI=1S/C9H9NO4/c1-3-5-8(9(12)13-2)10-6(11)4-7(10)14-5/h3,7H,1,4H2,2H3/t7-/m1/s1. The fraction of sp³-hybridized carbons (Fsp3) is 0.333. The van der Waals surface area contributed by atoms with Crippen molar-refractivity contribution in [1.29, 1.82) is 0 Å². The van der Waals surface area contributed by atoms with E-state index in [9.17, 15) is 9.59 Å². The van der Waals surface area contributed by atoms with Crippen LogP contribution in [0.2, 0.25) is 0 Å². The van der Waals surface area contributed by atoms with Gasteiger partial charge in [0.15, 0.2) is 17.7 Å². The van der Waals surface area contributed by atoms with E-state index < -0.39 is 5.97 Å². The highest BCUT2D eigenvalue weighted by molar-refractivity contribution is 5.98. The van der Waals surface area contributed by atoms with E-state index in [4.69, 9.17) is 4.74 Å². The van der Waals surface area contributed by atoms with E-state index in [2.05, 4.69) is 11.3 Å². The van der Waals surface area contributed by atoms with E-state index >= 15 is 0 Å². The maximum atomic E-state index is 11.3. The molecule has 5 heteroatoms. The smallest absolute Gasteiger partial charge is 0.358 e.